The summed E-state index contributed by atoms with van der Waals surface area (Å²) in [6, 6.07) is 5.49. The number of aromatic hydroxyl groups is 1. The van der Waals surface area contributed by atoms with Crippen LogP contribution in [-0.2, 0) is 8.53 Å². The van der Waals surface area contributed by atoms with Gasteiger partial charge in [-0.15, -0.1) is 0 Å². The molecular weight excluding hydrogens is 341 g/mol. The Morgan fingerprint density at radius 2 is 1.81 bits per heavy atom. The van der Waals surface area contributed by atoms with Crippen molar-refractivity contribution in [3.8, 4) is 5.75 Å². The number of para-hydroxylation sites is 1. The SMILES string of the molecule is CC(=O)Nc1c(O)cccc1[As](=O)(O)O.c1cncnc1. The van der Waals surface area contributed by atoms with Gasteiger partial charge in [0, 0.05) is 12.4 Å². The summed E-state index contributed by atoms with van der Waals surface area (Å²) in [5.74, 6) is -0.880. The second-order valence-electron chi connectivity index (χ2n) is 3.80. The number of anilines is 1. The van der Waals surface area contributed by atoms with E-state index in [1.54, 1.807) is 18.5 Å². The van der Waals surface area contributed by atoms with E-state index >= 15 is 0 Å². The number of carbonyl (C=O) groups excluding carboxylic acids is 1. The zero-order valence-corrected chi connectivity index (χ0v) is 12.9. The molecular formula is C12H14AsN3O5. The van der Waals surface area contributed by atoms with Gasteiger partial charge in [0.25, 0.3) is 0 Å². The largest absolute Gasteiger partial charge is 0.245 e. The normalized spacial score (nSPS) is 10.2. The molecule has 0 atom stereocenters. The molecule has 0 saturated carbocycles. The quantitative estimate of drug-likeness (QED) is 0.417. The molecule has 1 amide bonds. The summed E-state index contributed by atoms with van der Waals surface area (Å²) in [5, 5.41) is 11.5. The van der Waals surface area contributed by atoms with Crippen molar-refractivity contribution in [3.63, 3.8) is 0 Å². The van der Waals surface area contributed by atoms with Crippen LogP contribution >= 0.6 is 0 Å². The molecule has 0 spiro atoms. The topological polar surface area (TPSA) is 133 Å². The molecule has 2 rings (SSSR count). The van der Waals surface area contributed by atoms with Crippen LogP contribution in [0.2, 0.25) is 0 Å². The number of hydrogen-bond donors (Lipinski definition) is 4. The Morgan fingerprint density at radius 1 is 1.19 bits per heavy atom. The summed E-state index contributed by atoms with van der Waals surface area (Å²) in [7, 11) is 0. The van der Waals surface area contributed by atoms with Crippen molar-refractivity contribution in [2.75, 3.05) is 5.32 Å². The number of amides is 1. The van der Waals surface area contributed by atoms with Crippen LogP contribution in [0.5, 0.6) is 5.75 Å². The number of hydrogen-bond acceptors (Lipinski definition) is 5. The maximum Gasteiger partial charge on any atom is 0.115 e. The number of carbonyl (C=O) groups is 1. The monoisotopic (exact) mass is 355 g/mol. The van der Waals surface area contributed by atoms with Crippen molar-refractivity contribution in [2.45, 2.75) is 6.92 Å². The van der Waals surface area contributed by atoms with Gasteiger partial charge in [-0.25, -0.2) is 9.97 Å². The first-order valence-corrected chi connectivity index (χ1v) is 9.06. The summed E-state index contributed by atoms with van der Waals surface area (Å²) < 4.78 is 28.8. The van der Waals surface area contributed by atoms with Gasteiger partial charge >= 0.3 is 88.1 Å². The van der Waals surface area contributed by atoms with Gasteiger partial charge in [-0.2, -0.15) is 0 Å². The third kappa shape index (κ3) is 5.78. The van der Waals surface area contributed by atoms with Crippen LogP contribution in [0.4, 0.5) is 5.69 Å². The number of phenolic OH excluding ortho intramolecular Hbond substituents is 1. The van der Waals surface area contributed by atoms with Crippen LogP contribution in [0.25, 0.3) is 0 Å². The van der Waals surface area contributed by atoms with Crippen LogP contribution in [0.3, 0.4) is 0 Å². The Balaban J connectivity index is 0.000000304. The molecule has 0 saturated heterocycles. The van der Waals surface area contributed by atoms with E-state index in [2.05, 4.69) is 15.3 Å². The molecule has 4 N–H and O–H groups in total. The number of nitrogens with zero attached hydrogens (tertiary/aromatic N) is 2. The molecule has 112 valence electrons. The number of benzene rings is 1. The Morgan fingerprint density at radius 3 is 2.19 bits per heavy atom. The fourth-order valence-electron chi connectivity index (χ4n) is 1.33. The average Bonchev–Trinajstić information content (AvgIpc) is 2.42. The van der Waals surface area contributed by atoms with Gasteiger partial charge < -0.3 is 0 Å². The zero-order valence-electron chi connectivity index (χ0n) is 11.0. The van der Waals surface area contributed by atoms with Crippen LogP contribution in [-0.4, -0.2) is 43.3 Å². The standard InChI is InChI=1S/C8H10AsNO5.C4H4N2/c1-5(11)10-8-6(9(13,14)15)3-2-4-7(8)12;1-2-5-4-6-3-1/h2-4,12H,1H3,(H,10,11)(H2,13,14,15);1-4H. The third-order valence-electron chi connectivity index (χ3n) is 2.11. The van der Waals surface area contributed by atoms with Crippen molar-refractivity contribution in [2.24, 2.45) is 0 Å². The van der Waals surface area contributed by atoms with Gasteiger partial charge in [0.15, 0.2) is 0 Å². The van der Waals surface area contributed by atoms with Crippen LogP contribution in [0.1, 0.15) is 6.92 Å². The smallest absolute Gasteiger partial charge is 0.115 e. The number of rotatable bonds is 2. The molecule has 0 aliphatic carbocycles. The molecule has 9 heteroatoms. The molecule has 0 bridgehead atoms. The molecule has 0 fully saturated rings. The zero-order chi connectivity index (χ0) is 15.9. The minimum atomic E-state index is -5.14. The first-order chi connectivity index (χ1) is 9.82. The number of nitrogens with one attached hydrogen (secondary N) is 1. The fourth-order valence-corrected chi connectivity index (χ4v) is 2.89. The van der Waals surface area contributed by atoms with Crippen LogP contribution < -0.4 is 9.67 Å². The molecule has 1 heterocycles. The van der Waals surface area contributed by atoms with Crippen molar-refractivity contribution in [3.05, 3.63) is 43.0 Å². The first-order valence-electron chi connectivity index (χ1n) is 5.68. The molecule has 0 aliphatic heterocycles. The molecule has 21 heavy (non-hydrogen) atoms. The predicted molar refractivity (Wildman–Crippen MR) is 75.0 cm³/mol. The van der Waals surface area contributed by atoms with E-state index in [9.17, 15) is 13.6 Å². The maximum atomic E-state index is 11.1. The Kier molecular flexibility index (Phi) is 6.10. The van der Waals surface area contributed by atoms with E-state index in [0.717, 1.165) is 0 Å². The van der Waals surface area contributed by atoms with E-state index < -0.39 is 20.1 Å². The molecule has 8 nitrogen and oxygen atoms in total. The van der Waals surface area contributed by atoms with Gasteiger partial charge in [0.05, 0.1) is 0 Å². The van der Waals surface area contributed by atoms with Gasteiger partial charge in [0.2, 0.25) is 0 Å². The third-order valence-corrected chi connectivity index (χ3v) is 4.21. The predicted octanol–water partition coefficient (Wildman–Crippen LogP) is -0.612. The maximum absolute atomic E-state index is 11.1. The van der Waals surface area contributed by atoms with Crippen molar-refractivity contribution < 1.29 is 21.8 Å². The molecule has 1 aromatic heterocycles. The molecule has 0 aliphatic rings. The minimum absolute atomic E-state index is 0.225. The van der Waals surface area contributed by atoms with E-state index in [0.29, 0.717) is 0 Å². The number of phenols is 1. The van der Waals surface area contributed by atoms with E-state index in [-0.39, 0.29) is 15.8 Å². The first kappa shape index (κ1) is 16.9. The minimum Gasteiger partial charge on any atom is -0.245 e. The Labute approximate surface area is 123 Å². The van der Waals surface area contributed by atoms with Gasteiger partial charge in [0.1, 0.15) is 6.33 Å². The van der Waals surface area contributed by atoms with Gasteiger partial charge in [-0.1, -0.05) is 0 Å². The van der Waals surface area contributed by atoms with E-state index in [1.807, 2.05) is 0 Å². The van der Waals surface area contributed by atoms with Crippen LogP contribution in [0, 0.1) is 0 Å². The molecule has 0 unspecified atom stereocenters. The Bertz CT molecular complexity index is 618. The van der Waals surface area contributed by atoms with E-state index in [1.165, 1.54) is 31.5 Å². The second-order valence-corrected chi connectivity index (χ2v) is 7.09. The molecule has 2 aromatic rings. The summed E-state index contributed by atoms with van der Waals surface area (Å²) in [6.07, 6.45) is 4.88. The Hall–Kier alpha value is -2.15. The van der Waals surface area contributed by atoms with Crippen molar-refractivity contribution >= 4 is 30.1 Å². The van der Waals surface area contributed by atoms with Gasteiger partial charge in [-0.3, -0.25) is 0 Å². The fraction of sp³-hybridized carbons (Fsp3) is 0.0833. The number of aromatic nitrogens is 2. The van der Waals surface area contributed by atoms with Crippen LogP contribution in [0.15, 0.2) is 43.0 Å². The van der Waals surface area contributed by atoms with Gasteiger partial charge in [-0.05, 0) is 6.07 Å². The molecule has 1 aromatic carbocycles. The van der Waals surface area contributed by atoms with E-state index in [4.69, 9.17) is 8.19 Å². The molecule has 0 radical (unpaired) electrons. The second kappa shape index (κ2) is 7.58. The summed E-state index contributed by atoms with van der Waals surface area (Å²) in [6.45, 7) is 1.18. The summed E-state index contributed by atoms with van der Waals surface area (Å²) in [5.41, 5.74) is -0.225. The summed E-state index contributed by atoms with van der Waals surface area (Å²) in [4.78, 5) is 18.1. The summed E-state index contributed by atoms with van der Waals surface area (Å²) >= 11 is -5.14. The average molecular weight is 355 g/mol. The van der Waals surface area contributed by atoms with Crippen molar-refractivity contribution in [1.82, 2.24) is 9.97 Å². The van der Waals surface area contributed by atoms with Crippen molar-refractivity contribution in [1.29, 1.82) is 0 Å².